The molecule has 0 saturated carbocycles. The van der Waals surface area contributed by atoms with E-state index in [1.54, 1.807) is 0 Å². The highest BCUT2D eigenvalue weighted by Gasteiger charge is 2.50. The van der Waals surface area contributed by atoms with E-state index in [0.29, 0.717) is 0 Å². The summed E-state index contributed by atoms with van der Waals surface area (Å²) in [7, 11) is 0. The number of nitrogens with two attached hydrogens (primary N) is 1. The van der Waals surface area contributed by atoms with Crippen LogP contribution >= 0.6 is 0 Å². The first-order valence-corrected chi connectivity index (χ1v) is 6.50. The predicted molar refractivity (Wildman–Crippen MR) is 75.6 cm³/mol. The first-order valence-electron chi connectivity index (χ1n) is 6.50. The van der Waals surface area contributed by atoms with Crippen LogP contribution in [0.1, 0.15) is 46.6 Å². The van der Waals surface area contributed by atoms with E-state index in [1.807, 2.05) is 6.07 Å². The molecule has 0 bridgehead atoms. The van der Waals surface area contributed by atoms with Gasteiger partial charge in [-0.05, 0) is 38.0 Å². The van der Waals surface area contributed by atoms with E-state index >= 15 is 0 Å². The Morgan fingerprint density at radius 2 is 1.82 bits per heavy atom. The van der Waals surface area contributed by atoms with Gasteiger partial charge in [0.25, 0.3) is 0 Å². The van der Waals surface area contributed by atoms with Crippen LogP contribution in [0.2, 0.25) is 0 Å². The topological polar surface area (TPSA) is 29.3 Å². The Labute approximate surface area is 105 Å². The molecule has 1 aliphatic heterocycles. The van der Waals surface area contributed by atoms with Crippen LogP contribution in [0.15, 0.2) is 18.2 Å². The summed E-state index contributed by atoms with van der Waals surface area (Å²) in [6, 6.07) is 6.34. The highest BCUT2D eigenvalue weighted by atomic mass is 15.2. The van der Waals surface area contributed by atoms with Gasteiger partial charge in [-0.15, -0.1) is 0 Å². The van der Waals surface area contributed by atoms with Gasteiger partial charge in [0.15, 0.2) is 0 Å². The molecule has 0 spiro atoms. The second-order valence-corrected chi connectivity index (χ2v) is 6.11. The highest BCUT2D eigenvalue weighted by Crippen LogP contribution is 2.51. The lowest BCUT2D eigenvalue weighted by molar-refractivity contribution is 0.311. The predicted octanol–water partition coefficient (Wildman–Crippen LogP) is 3.56. The molecule has 2 rings (SSSR count). The van der Waals surface area contributed by atoms with Gasteiger partial charge in [-0.2, -0.15) is 0 Å². The normalized spacial score (nSPS) is 20.4. The lowest BCUT2D eigenvalue weighted by Gasteiger charge is -2.42. The van der Waals surface area contributed by atoms with Crippen molar-refractivity contribution in [3.05, 3.63) is 23.8 Å². The van der Waals surface area contributed by atoms with Crippen LogP contribution in [0.25, 0.3) is 0 Å². The molecular formula is C15H24N2. The fraction of sp³-hybridized carbons (Fsp3) is 0.600. The zero-order valence-corrected chi connectivity index (χ0v) is 11.7. The Hall–Kier alpha value is -1.18. The largest absolute Gasteiger partial charge is 0.399 e. The molecule has 0 atom stereocenters. The number of hydrogen-bond acceptors (Lipinski definition) is 2. The summed E-state index contributed by atoms with van der Waals surface area (Å²) in [5.41, 5.74) is 9.84. The highest BCUT2D eigenvalue weighted by molar-refractivity contribution is 5.70. The summed E-state index contributed by atoms with van der Waals surface area (Å²) in [4.78, 5) is 2.51. The Morgan fingerprint density at radius 3 is 2.41 bits per heavy atom. The maximum absolute atomic E-state index is 5.94. The third kappa shape index (κ3) is 1.54. The molecule has 2 N–H and O–H groups in total. The van der Waals surface area contributed by atoms with Gasteiger partial charge in [0, 0.05) is 28.9 Å². The van der Waals surface area contributed by atoms with E-state index in [4.69, 9.17) is 5.73 Å². The van der Waals surface area contributed by atoms with Gasteiger partial charge in [-0.3, -0.25) is 0 Å². The van der Waals surface area contributed by atoms with Crippen molar-refractivity contribution in [3.8, 4) is 0 Å². The van der Waals surface area contributed by atoms with E-state index in [9.17, 15) is 0 Å². The summed E-state index contributed by atoms with van der Waals surface area (Å²) in [6.45, 7) is 12.6. The van der Waals surface area contributed by atoms with Crippen LogP contribution < -0.4 is 10.6 Å². The molecule has 0 saturated heterocycles. The summed E-state index contributed by atoms with van der Waals surface area (Å²) >= 11 is 0. The van der Waals surface area contributed by atoms with Crippen molar-refractivity contribution in [2.45, 2.75) is 52.0 Å². The number of benzene rings is 1. The monoisotopic (exact) mass is 232 g/mol. The molecule has 2 heteroatoms. The quantitative estimate of drug-likeness (QED) is 0.790. The minimum atomic E-state index is 0.138. The third-order valence-electron chi connectivity index (χ3n) is 4.64. The number of hydrogen-bond donors (Lipinski definition) is 1. The second kappa shape index (κ2) is 3.66. The zero-order valence-electron chi connectivity index (χ0n) is 11.7. The van der Waals surface area contributed by atoms with E-state index in [-0.39, 0.29) is 11.0 Å². The van der Waals surface area contributed by atoms with Crippen molar-refractivity contribution in [1.82, 2.24) is 0 Å². The Morgan fingerprint density at radius 1 is 1.18 bits per heavy atom. The molecule has 0 aliphatic carbocycles. The summed E-state index contributed by atoms with van der Waals surface area (Å²) in [5.74, 6) is 0. The lowest BCUT2D eigenvalue weighted by atomic mass is 9.72. The van der Waals surface area contributed by atoms with Gasteiger partial charge in [0.1, 0.15) is 0 Å². The molecule has 0 fully saturated rings. The van der Waals surface area contributed by atoms with Crippen LogP contribution in [0.3, 0.4) is 0 Å². The van der Waals surface area contributed by atoms with Crippen LogP contribution in [0.5, 0.6) is 0 Å². The second-order valence-electron chi connectivity index (χ2n) is 6.11. The van der Waals surface area contributed by atoms with Gasteiger partial charge in [0.2, 0.25) is 0 Å². The fourth-order valence-electron chi connectivity index (χ4n) is 2.89. The van der Waals surface area contributed by atoms with E-state index in [0.717, 1.165) is 18.7 Å². The molecule has 1 aromatic carbocycles. The minimum absolute atomic E-state index is 0.138. The molecule has 1 heterocycles. The molecule has 17 heavy (non-hydrogen) atoms. The molecule has 0 radical (unpaired) electrons. The summed E-state index contributed by atoms with van der Waals surface area (Å²) < 4.78 is 0. The Kier molecular flexibility index (Phi) is 2.64. The lowest BCUT2D eigenvalue weighted by Crippen LogP contribution is -2.51. The molecule has 0 amide bonds. The number of fused-ring (bicyclic) bond motifs is 1. The van der Waals surface area contributed by atoms with E-state index in [2.05, 4.69) is 51.7 Å². The molecule has 1 aliphatic rings. The first kappa shape index (κ1) is 12.3. The van der Waals surface area contributed by atoms with Crippen molar-refractivity contribution in [3.63, 3.8) is 0 Å². The summed E-state index contributed by atoms with van der Waals surface area (Å²) in [6.07, 6.45) is 1.16. The average molecular weight is 232 g/mol. The first-order chi connectivity index (χ1) is 7.82. The molecule has 2 nitrogen and oxygen atoms in total. The Balaban J connectivity index is 2.61. The minimum Gasteiger partial charge on any atom is -0.399 e. The van der Waals surface area contributed by atoms with Gasteiger partial charge in [-0.1, -0.05) is 26.8 Å². The van der Waals surface area contributed by atoms with Gasteiger partial charge in [-0.25, -0.2) is 0 Å². The standard InChI is InChI=1S/C15H24N2/c1-6-9-17-13-10-11(16)7-8-12(13)14(2,3)15(17,4)5/h7-8,10H,6,9,16H2,1-5H3. The smallest absolute Gasteiger partial charge is 0.0438 e. The molecule has 0 unspecified atom stereocenters. The number of rotatable bonds is 2. The third-order valence-corrected chi connectivity index (χ3v) is 4.64. The van der Waals surface area contributed by atoms with Crippen LogP contribution in [0, 0.1) is 0 Å². The van der Waals surface area contributed by atoms with Crippen molar-refractivity contribution in [2.24, 2.45) is 0 Å². The molecule has 0 aromatic heterocycles. The fourth-order valence-corrected chi connectivity index (χ4v) is 2.89. The van der Waals surface area contributed by atoms with E-state index in [1.165, 1.54) is 11.3 Å². The average Bonchev–Trinajstić information content (AvgIpc) is 2.37. The number of anilines is 2. The van der Waals surface area contributed by atoms with Gasteiger partial charge < -0.3 is 10.6 Å². The molecule has 1 aromatic rings. The summed E-state index contributed by atoms with van der Waals surface area (Å²) in [5, 5.41) is 0. The van der Waals surface area contributed by atoms with Crippen molar-refractivity contribution in [1.29, 1.82) is 0 Å². The maximum atomic E-state index is 5.94. The molecule has 94 valence electrons. The van der Waals surface area contributed by atoms with Gasteiger partial charge >= 0.3 is 0 Å². The maximum Gasteiger partial charge on any atom is 0.0438 e. The molecular weight excluding hydrogens is 208 g/mol. The van der Waals surface area contributed by atoms with Crippen LogP contribution in [0.4, 0.5) is 11.4 Å². The van der Waals surface area contributed by atoms with Crippen LogP contribution in [-0.4, -0.2) is 12.1 Å². The Bertz CT molecular complexity index is 433. The number of nitrogen functional groups attached to an aromatic ring is 1. The zero-order chi connectivity index (χ0) is 12.8. The van der Waals surface area contributed by atoms with Crippen molar-refractivity contribution < 1.29 is 0 Å². The number of nitrogens with zero attached hydrogens (tertiary/aromatic N) is 1. The van der Waals surface area contributed by atoms with Crippen molar-refractivity contribution in [2.75, 3.05) is 17.2 Å². The van der Waals surface area contributed by atoms with E-state index < -0.39 is 0 Å². The van der Waals surface area contributed by atoms with Gasteiger partial charge in [0.05, 0.1) is 0 Å². The van der Waals surface area contributed by atoms with Crippen LogP contribution in [-0.2, 0) is 5.41 Å². The SMILES string of the molecule is CCCN1c2cc(N)ccc2C(C)(C)C1(C)C. The van der Waals surface area contributed by atoms with Crippen molar-refractivity contribution >= 4 is 11.4 Å².